The number of hydrogen-bond acceptors (Lipinski definition) is 3. The molecule has 2 unspecified atom stereocenters. The summed E-state index contributed by atoms with van der Waals surface area (Å²) in [4.78, 5) is 10.6. The number of hydrogen-bond donors (Lipinski definition) is 2. The van der Waals surface area contributed by atoms with Crippen molar-refractivity contribution in [1.82, 2.24) is 0 Å². The van der Waals surface area contributed by atoms with Crippen LogP contribution in [-0.4, -0.2) is 29.8 Å². The molecule has 1 heterocycles. The van der Waals surface area contributed by atoms with E-state index in [0.717, 1.165) is 12.8 Å². The van der Waals surface area contributed by atoms with Gasteiger partial charge >= 0.3 is 0 Å². The maximum atomic E-state index is 10.6. The summed E-state index contributed by atoms with van der Waals surface area (Å²) < 4.78 is 5.17. The van der Waals surface area contributed by atoms with Gasteiger partial charge in [-0.15, -0.1) is 0 Å². The lowest BCUT2D eigenvalue weighted by molar-refractivity contribution is -0.140. The molecule has 0 radical (unpaired) electrons. The molecule has 1 amide bonds. The van der Waals surface area contributed by atoms with Gasteiger partial charge in [-0.1, -0.05) is 0 Å². The standard InChI is InChI=1S/C7H13NO3/c8-7(10)6-3-1-2-5(4-9)11-6/h5-6,9H,1-4H2,(H2,8,10). The van der Waals surface area contributed by atoms with Crippen molar-refractivity contribution >= 4 is 5.91 Å². The van der Waals surface area contributed by atoms with Gasteiger partial charge in [-0.2, -0.15) is 0 Å². The third kappa shape index (κ3) is 2.17. The lowest BCUT2D eigenvalue weighted by atomic mass is 10.0. The van der Waals surface area contributed by atoms with Crippen molar-refractivity contribution in [2.75, 3.05) is 6.61 Å². The number of primary amides is 1. The Hall–Kier alpha value is -0.610. The van der Waals surface area contributed by atoms with E-state index in [1.807, 2.05) is 0 Å². The second-order valence-electron chi connectivity index (χ2n) is 2.76. The molecule has 4 nitrogen and oxygen atoms in total. The molecule has 1 fully saturated rings. The molecule has 2 atom stereocenters. The zero-order valence-electron chi connectivity index (χ0n) is 6.32. The molecule has 3 N–H and O–H groups in total. The molecule has 0 aliphatic carbocycles. The Bertz CT molecular complexity index is 149. The van der Waals surface area contributed by atoms with Gasteiger partial charge in [0.25, 0.3) is 0 Å². The first kappa shape index (κ1) is 8.49. The third-order valence-electron chi connectivity index (χ3n) is 1.87. The molecule has 1 aliphatic rings. The Morgan fingerprint density at radius 2 is 2.36 bits per heavy atom. The molecular formula is C7H13NO3. The summed E-state index contributed by atoms with van der Waals surface area (Å²) in [5.41, 5.74) is 5.04. The van der Waals surface area contributed by atoms with Crippen LogP contribution in [0.15, 0.2) is 0 Å². The van der Waals surface area contributed by atoms with Gasteiger partial charge in [0.2, 0.25) is 5.91 Å². The van der Waals surface area contributed by atoms with E-state index in [1.54, 1.807) is 0 Å². The Morgan fingerprint density at radius 1 is 1.64 bits per heavy atom. The van der Waals surface area contributed by atoms with E-state index >= 15 is 0 Å². The third-order valence-corrected chi connectivity index (χ3v) is 1.87. The van der Waals surface area contributed by atoms with Gasteiger partial charge in [0.15, 0.2) is 0 Å². The quantitative estimate of drug-likeness (QED) is 0.565. The number of aliphatic hydroxyl groups is 1. The highest BCUT2D eigenvalue weighted by molar-refractivity contribution is 5.78. The molecule has 1 saturated heterocycles. The average Bonchev–Trinajstić information content (AvgIpc) is 2.05. The number of carbonyl (C=O) groups is 1. The van der Waals surface area contributed by atoms with E-state index in [4.69, 9.17) is 15.6 Å². The zero-order chi connectivity index (χ0) is 8.27. The van der Waals surface area contributed by atoms with E-state index in [0.29, 0.717) is 6.42 Å². The molecule has 0 spiro atoms. The van der Waals surface area contributed by atoms with Gasteiger partial charge in [0.05, 0.1) is 12.7 Å². The van der Waals surface area contributed by atoms with Crippen molar-refractivity contribution < 1.29 is 14.6 Å². The fraction of sp³-hybridized carbons (Fsp3) is 0.857. The topological polar surface area (TPSA) is 72.6 Å². The molecule has 0 aromatic carbocycles. The molecule has 4 heteroatoms. The first-order valence-corrected chi connectivity index (χ1v) is 3.79. The summed E-state index contributed by atoms with van der Waals surface area (Å²) in [5.74, 6) is -0.428. The monoisotopic (exact) mass is 159 g/mol. The van der Waals surface area contributed by atoms with Crippen molar-refractivity contribution in [2.45, 2.75) is 31.5 Å². The first-order chi connectivity index (χ1) is 5.24. The van der Waals surface area contributed by atoms with Crippen LogP contribution in [0.2, 0.25) is 0 Å². The van der Waals surface area contributed by atoms with Crippen LogP contribution < -0.4 is 5.73 Å². The smallest absolute Gasteiger partial charge is 0.246 e. The summed E-state index contributed by atoms with van der Waals surface area (Å²) in [6, 6.07) is 0. The van der Waals surface area contributed by atoms with Crippen molar-refractivity contribution in [1.29, 1.82) is 0 Å². The molecular weight excluding hydrogens is 146 g/mol. The number of ether oxygens (including phenoxy) is 1. The molecule has 1 aliphatic heterocycles. The highest BCUT2D eigenvalue weighted by Gasteiger charge is 2.25. The van der Waals surface area contributed by atoms with Crippen LogP contribution >= 0.6 is 0 Å². The number of aliphatic hydroxyl groups excluding tert-OH is 1. The predicted molar refractivity (Wildman–Crippen MR) is 38.8 cm³/mol. The average molecular weight is 159 g/mol. The van der Waals surface area contributed by atoms with Crippen LogP contribution in [0.25, 0.3) is 0 Å². The van der Waals surface area contributed by atoms with Crippen molar-refractivity contribution in [3.05, 3.63) is 0 Å². The minimum absolute atomic E-state index is 0.0240. The van der Waals surface area contributed by atoms with Gasteiger partial charge in [-0.25, -0.2) is 0 Å². The van der Waals surface area contributed by atoms with Gasteiger partial charge in [-0.3, -0.25) is 4.79 Å². The summed E-state index contributed by atoms with van der Waals surface area (Å²) in [5, 5.41) is 8.71. The summed E-state index contributed by atoms with van der Waals surface area (Å²) >= 11 is 0. The number of rotatable bonds is 2. The lowest BCUT2D eigenvalue weighted by Gasteiger charge is -2.26. The van der Waals surface area contributed by atoms with E-state index < -0.39 is 12.0 Å². The maximum Gasteiger partial charge on any atom is 0.246 e. The molecule has 1 rings (SSSR count). The van der Waals surface area contributed by atoms with Crippen LogP contribution in [0.3, 0.4) is 0 Å². The molecule has 11 heavy (non-hydrogen) atoms. The van der Waals surface area contributed by atoms with Crippen LogP contribution in [0.1, 0.15) is 19.3 Å². The van der Waals surface area contributed by atoms with E-state index in [2.05, 4.69) is 0 Å². The fourth-order valence-corrected chi connectivity index (χ4v) is 1.24. The number of carbonyl (C=O) groups excluding carboxylic acids is 1. The summed E-state index contributed by atoms with van der Waals surface area (Å²) in [6.07, 6.45) is 1.73. The van der Waals surface area contributed by atoms with Crippen LogP contribution in [0.4, 0.5) is 0 Å². The molecule has 0 bridgehead atoms. The van der Waals surface area contributed by atoms with E-state index in [1.165, 1.54) is 0 Å². The molecule has 64 valence electrons. The second-order valence-corrected chi connectivity index (χ2v) is 2.76. The van der Waals surface area contributed by atoms with E-state index in [-0.39, 0.29) is 12.7 Å². The summed E-state index contributed by atoms with van der Waals surface area (Å²) in [6.45, 7) is -0.0240. The molecule has 0 aromatic rings. The van der Waals surface area contributed by atoms with Crippen molar-refractivity contribution in [3.8, 4) is 0 Å². The minimum Gasteiger partial charge on any atom is -0.394 e. The van der Waals surface area contributed by atoms with Crippen molar-refractivity contribution in [2.24, 2.45) is 5.73 Å². The Balaban J connectivity index is 2.39. The Kier molecular flexibility index (Phi) is 2.84. The Morgan fingerprint density at radius 3 is 2.91 bits per heavy atom. The van der Waals surface area contributed by atoms with E-state index in [9.17, 15) is 4.79 Å². The zero-order valence-corrected chi connectivity index (χ0v) is 6.32. The largest absolute Gasteiger partial charge is 0.394 e. The summed E-state index contributed by atoms with van der Waals surface area (Å²) in [7, 11) is 0. The van der Waals surface area contributed by atoms with Crippen LogP contribution in [-0.2, 0) is 9.53 Å². The highest BCUT2D eigenvalue weighted by atomic mass is 16.5. The molecule has 0 aromatic heterocycles. The maximum absolute atomic E-state index is 10.6. The van der Waals surface area contributed by atoms with Gasteiger partial charge < -0.3 is 15.6 Å². The van der Waals surface area contributed by atoms with Gasteiger partial charge in [0, 0.05) is 0 Å². The second kappa shape index (κ2) is 3.69. The number of amides is 1. The highest BCUT2D eigenvalue weighted by Crippen LogP contribution is 2.17. The predicted octanol–water partition coefficient (Wildman–Crippen LogP) is -0.598. The van der Waals surface area contributed by atoms with Gasteiger partial charge in [-0.05, 0) is 19.3 Å². The fourth-order valence-electron chi connectivity index (χ4n) is 1.24. The molecule has 0 saturated carbocycles. The van der Waals surface area contributed by atoms with Gasteiger partial charge in [0.1, 0.15) is 6.10 Å². The van der Waals surface area contributed by atoms with Crippen LogP contribution in [0, 0.1) is 0 Å². The SMILES string of the molecule is NC(=O)C1CCCC(CO)O1. The van der Waals surface area contributed by atoms with Crippen LogP contribution in [0.5, 0.6) is 0 Å². The Labute approximate surface area is 65.3 Å². The van der Waals surface area contributed by atoms with Crippen molar-refractivity contribution in [3.63, 3.8) is 0 Å². The number of nitrogens with two attached hydrogens (primary N) is 1. The minimum atomic E-state index is -0.485. The lowest BCUT2D eigenvalue weighted by Crippen LogP contribution is -2.39. The first-order valence-electron chi connectivity index (χ1n) is 3.79. The normalized spacial score (nSPS) is 31.7.